The highest BCUT2D eigenvalue weighted by Crippen LogP contribution is 2.39. The highest BCUT2D eigenvalue weighted by atomic mass is 35.5. The van der Waals surface area contributed by atoms with E-state index in [-0.39, 0.29) is 16.5 Å². The Morgan fingerprint density at radius 1 is 1.25 bits per heavy atom. The van der Waals surface area contributed by atoms with Gasteiger partial charge in [-0.3, -0.25) is 9.20 Å². The van der Waals surface area contributed by atoms with Crippen molar-refractivity contribution in [3.63, 3.8) is 0 Å². The third-order valence-corrected chi connectivity index (χ3v) is 5.60. The van der Waals surface area contributed by atoms with Crippen molar-refractivity contribution in [3.05, 3.63) is 41.3 Å². The number of ether oxygens (including phenoxy) is 1. The van der Waals surface area contributed by atoms with E-state index in [4.69, 9.17) is 16.3 Å². The van der Waals surface area contributed by atoms with E-state index in [1.807, 2.05) is 4.90 Å². The summed E-state index contributed by atoms with van der Waals surface area (Å²) in [5, 5.41) is 12.2. The molecule has 4 rings (SSSR count). The second-order valence-electron chi connectivity index (χ2n) is 7.30. The number of hydrogen-bond acceptors (Lipinski definition) is 5. The highest BCUT2D eigenvalue weighted by molar-refractivity contribution is 6.33. The van der Waals surface area contributed by atoms with Crippen LogP contribution in [0.1, 0.15) is 6.92 Å². The van der Waals surface area contributed by atoms with Crippen molar-refractivity contribution in [3.8, 4) is 16.9 Å². The van der Waals surface area contributed by atoms with Crippen LogP contribution in [0.2, 0.25) is 5.02 Å². The van der Waals surface area contributed by atoms with Gasteiger partial charge in [-0.2, -0.15) is 0 Å². The Kier molecular flexibility index (Phi) is 5.79. The summed E-state index contributed by atoms with van der Waals surface area (Å²) in [5.41, 5.74) is 1.05. The molecule has 1 aliphatic heterocycles. The first-order valence-corrected chi connectivity index (χ1v) is 10.2. The number of methoxy groups -OCH3 is 1. The molecule has 9 nitrogen and oxygen atoms in total. The molecule has 0 bridgehead atoms. The van der Waals surface area contributed by atoms with Crippen molar-refractivity contribution >= 4 is 40.9 Å². The van der Waals surface area contributed by atoms with Crippen molar-refractivity contribution < 1.29 is 23.8 Å². The number of nitrogens with one attached hydrogen (secondary N) is 1. The van der Waals surface area contributed by atoms with Gasteiger partial charge in [0.2, 0.25) is 5.91 Å². The fourth-order valence-corrected chi connectivity index (χ4v) is 4.09. The Labute approximate surface area is 188 Å². The van der Waals surface area contributed by atoms with Gasteiger partial charge in [0.05, 0.1) is 17.7 Å². The van der Waals surface area contributed by atoms with Crippen molar-refractivity contribution in [2.24, 2.45) is 0 Å². The summed E-state index contributed by atoms with van der Waals surface area (Å²) in [6, 6.07) is 6.13. The molecule has 0 radical (unpaired) electrons. The zero-order chi connectivity index (χ0) is 23.0. The number of carbonyl (C=O) groups excluding carboxylic acids is 1. The number of aromatic nitrogens is 2. The Balaban J connectivity index is 1.84. The maximum atomic E-state index is 14.7. The van der Waals surface area contributed by atoms with Crippen LogP contribution in [0, 0.1) is 5.82 Å². The minimum atomic E-state index is -0.976. The smallest absolute Gasteiger partial charge is 0.407 e. The van der Waals surface area contributed by atoms with E-state index in [0.29, 0.717) is 54.8 Å². The molecule has 11 heteroatoms. The quantitative estimate of drug-likeness (QED) is 0.616. The molecule has 0 aliphatic carbocycles. The standard InChI is InChI=1S/C21H21ClFN5O4/c1-12(29)24-19-20(26-6-8-27(9-7-26)21(30)31)28-11-14(22)13(10-17(28)25-19)18-15(23)4-3-5-16(18)32-2/h3-5,10-11H,6-9H2,1-2H3,(H,24,29)(H,30,31). The number of nitrogens with zero attached hydrogens (tertiary/aromatic N) is 4. The van der Waals surface area contributed by atoms with Gasteiger partial charge in [0.15, 0.2) is 11.6 Å². The molecule has 0 spiro atoms. The molecule has 0 unspecified atom stereocenters. The van der Waals surface area contributed by atoms with E-state index in [0.717, 1.165) is 0 Å². The summed E-state index contributed by atoms with van der Waals surface area (Å²) in [7, 11) is 1.45. The molecule has 0 saturated carbocycles. The van der Waals surface area contributed by atoms with E-state index in [2.05, 4.69) is 10.3 Å². The van der Waals surface area contributed by atoms with Gasteiger partial charge in [-0.1, -0.05) is 17.7 Å². The summed E-state index contributed by atoms with van der Waals surface area (Å²) in [6.07, 6.45) is 0.631. The Hall–Kier alpha value is -3.53. The van der Waals surface area contributed by atoms with Crippen LogP contribution in [-0.4, -0.2) is 64.7 Å². The molecule has 3 aromatic rings. The summed E-state index contributed by atoms with van der Waals surface area (Å²) < 4.78 is 21.7. The molecule has 2 N–H and O–H groups in total. The zero-order valence-electron chi connectivity index (χ0n) is 17.4. The van der Waals surface area contributed by atoms with Gasteiger partial charge in [0.25, 0.3) is 0 Å². The van der Waals surface area contributed by atoms with Crippen LogP contribution in [0.3, 0.4) is 0 Å². The number of carboxylic acid groups (broad SMARTS) is 1. The number of fused-ring (bicyclic) bond motifs is 1. The average molecular weight is 462 g/mol. The first-order valence-electron chi connectivity index (χ1n) is 9.85. The summed E-state index contributed by atoms with van der Waals surface area (Å²) in [4.78, 5) is 30.8. The molecular weight excluding hydrogens is 441 g/mol. The van der Waals surface area contributed by atoms with Crippen LogP contribution in [0.15, 0.2) is 30.5 Å². The van der Waals surface area contributed by atoms with Gasteiger partial charge >= 0.3 is 6.09 Å². The molecule has 1 aromatic carbocycles. The van der Waals surface area contributed by atoms with Crippen LogP contribution in [0.4, 0.5) is 20.8 Å². The number of hydrogen-bond donors (Lipinski definition) is 2. The Bertz CT molecular complexity index is 1210. The van der Waals surface area contributed by atoms with Gasteiger partial charge < -0.3 is 25.0 Å². The molecule has 0 atom stereocenters. The minimum absolute atomic E-state index is 0.211. The molecule has 1 fully saturated rings. The third kappa shape index (κ3) is 3.89. The number of halogens is 2. The minimum Gasteiger partial charge on any atom is -0.496 e. The Morgan fingerprint density at radius 2 is 1.97 bits per heavy atom. The van der Waals surface area contributed by atoms with Crippen LogP contribution >= 0.6 is 11.6 Å². The number of amides is 2. The van der Waals surface area contributed by atoms with Gasteiger partial charge in [-0.05, 0) is 18.2 Å². The van der Waals surface area contributed by atoms with Gasteiger partial charge in [0, 0.05) is 44.9 Å². The Morgan fingerprint density at radius 3 is 2.59 bits per heavy atom. The van der Waals surface area contributed by atoms with E-state index in [1.54, 1.807) is 28.8 Å². The number of rotatable bonds is 4. The predicted octanol–water partition coefficient (Wildman–Crippen LogP) is 3.56. The van der Waals surface area contributed by atoms with Crippen LogP contribution in [0.25, 0.3) is 16.8 Å². The van der Waals surface area contributed by atoms with Gasteiger partial charge in [-0.25, -0.2) is 14.2 Å². The number of anilines is 2. The van der Waals surface area contributed by atoms with Crippen LogP contribution in [0.5, 0.6) is 5.75 Å². The van der Waals surface area contributed by atoms with Crippen LogP contribution < -0.4 is 15.0 Å². The lowest BCUT2D eigenvalue weighted by Crippen LogP contribution is -2.48. The van der Waals surface area contributed by atoms with Gasteiger partial charge in [0.1, 0.15) is 17.2 Å². The molecule has 3 heterocycles. The second-order valence-corrected chi connectivity index (χ2v) is 7.71. The van der Waals surface area contributed by atoms with Gasteiger partial charge in [-0.15, -0.1) is 0 Å². The summed E-state index contributed by atoms with van der Waals surface area (Å²) in [6.45, 7) is 2.81. The van der Waals surface area contributed by atoms with Crippen molar-refractivity contribution in [1.82, 2.24) is 14.3 Å². The zero-order valence-corrected chi connectivity index (χ0v) is 18.2. The topological polar surface area (TPSA) is 99.4 Å². The normalized spacial score (nSPS) is 14.0. The number of benzene rings is 1. The van der Waals surface area contributed by atoms with Crippen LogP contribution in [-0.2, 0) is 4.79 Å². The van der Waals surface area contributed by atoms with E-state index in [1.165, 1.54) is 25.0 Å². The molecule has 1 saturated heterocycles. The fourth-order valence-electron chi connectivity index (χ4n) is 3.84. The lowest BCUT2D eigenvalue weighted by molar-refractivity contribution is -0.114. The van der Waals surface area contributed by atoms with Crippen molar-refractivity contribution in [2.45, 2.75) is 6.92 Å². The highest BCUT2D eigenvalue weighted by Gasteiger charge is 2.27. The predicted molar refractivity (Wildman–Crippen MR) is 118 cm³/mol. The molecule has 2 amide bonds. The number of imidazole rings is 1. The number of piperazine rings is 1. The van der Waals surface area contributed by atoms with Crippen molar-refractivity contribution in [2.75, 3.05) is 43.5 Å². The maximum absolute atomic E-state index is 14.7. The maximum Gasteiger partial charge on any atom is 0.407 e. The molecule has 32 heavy (non-hydrogen) atoms. The van der Waals surface area contributed by atoms with Crippen molar-refractivity contribution in [1.29, 1.82) is 0 Å². The average Bonchev–Trinajstić information content (AvgIpc) is 3.09. The van der Waals surface area contributed by atoms with E-state index in [9.17, 15) is 19.1 Å². The summed E-state index contributed by atoms with van der Waals surface area (Å²) in [5.74, 6) is 0.425. The number of pyridine rings is 1. The third-order valence-electron chi connectivity index (χ3n) is 5.30. The second kappa shape index (κ2) is 8.54. The molecule has 168 valence electrons. The summed E-state index contributed by atoms with van der Waals surface area (Å²) >= 11 is 6.57. The first kappa shape index (κ1) is 21.7. The fraction of sp³-hybridized carbons (Fsp3) is 0.286. The number of carbonyl (C=O) groups is 2. The molecular formula is C21H21ClFN5O4. The molecule has 2 aromatic heterocycles. The first-order chi connectivity index (χ1) is 15.3. The molecule has 1 aliphatic rings. The monoisotopic (exact) mass is 461 g/mol. The lowest BCUT2D eigenvalue weighted by atomic mass is 10.0. The lowest BCUT2D eigenvalue weighted by Gasteiger charge is -2.34. The van der Waals surface area contributed by atoms with E-state index < -0.39 is 11.9 Å². The SMILES string of the molecule is COc1cccc(F)c1-c1cc2nc(NC(C)=O)c(N3CCN(C(=O)O)CC3)n2cc1Cl. The van der Waals surface area contributed by atoms with E-state index >= 15 is 0 Å². The largest absolute Gasteiger partial charge is 0.496 e.